The molecule has 0 aliphatic carbocycles. The average Bonchev–Trinajstić information content (AvgIpc) is 2.40. The van der Waals surface area contributed by atoms with Crippen molar-refractivity contribution in [2.24, 2.45) is 0 Å². The molecule has 0 aromatic heterocycles. The summed E-state index contributed by atoms with van der Waals surface area (Å²) in [6, 6.07) is 5.25. The van der Waals surface area contributed by atoms with Crippen molar-refractivity contribution >= 4 is 17.4 Å². The van der Waals surface area contributed by atoms with E-state index in [1.807, 2.05) is 0 Å². The van der Waals surface area contributed by atoms with E-state index in [1.165, 1.54) is 13.0 Å². The number of amides is 2. The molecule has 122 valence electrons. The van der Waals surface area contributed by atoms with Crippen LogP contribution in [0.15, 0.2) is 36.4 Å². The van der Waals surface area contributed by atoms with Crippen molar-refractivity contribution < 1.29 is 27.5 Å². The Morgan fingerprint density at radius 1 is 1.09 bits per heavy atom. The third kappa shape index (κ3) is 4.35. The maximum absolute atomic E-state index is 13.5. The SMILES string of the molecule is Cc1cc(NC(=O)Nc2ccc(O)cc2F)cc(C(F)(F)F)c1. The van der Waals surface area contributed by atoms with Crippen LogP contribution in [0, 0.1) is 12.7 Å². The summed E-state index contributed by atoms with van der Waals surface area (Å²) >= 11 is 0. The van der Waals surface area contributed by atoms with Gasteiger partial charge in [0.2, 0.25) is 0 Å². The first-order chi connectivity index (χ1) is 10.6. The third-order valence-corrected chi connectivity index (χ3v) is 2.86. The molecule has 0 unspecified atom stereocenters. The molecule has 0 fully saturated rings. The number of anilines is 2. The van der Waals surface area contributed by atoms with Crippen LogP contribution < -0.4 is 10.6 Å². The van der Waals surface area contributed by atoms with Crippen molar-refractivity contribution in [1.82, 2.24) is 0 Å². The standard InChI is InChI=1S/C15H12F4N2O2/c1-8-4-9(15(17,18)19)6-10(5-8)20-14(23)21-13-3-2-11(22)7-12(13)16/h2-7,22H,1H3,(H2,20,21,23). The molecule has 2 aromatic rings. The summed E-state index contributed by atoms with van der Waals surface area (Å²) in [5, 5.41) is 13.4. The van der Waals surface area contributed by atoms with Crippen LogP contribution in [0.5, 0.6) is 5.75 Å². The summed E-state index contributed by atoms with van der Waals surface area (Å²) in [6.07, 6.45) is -4.54. The van der Waals surface area contributed by atoms with Crippen LogP contribution in [-0.2, 0) is 6.18 Å². The van der Waals surface area contributed by atoms with Gasteiger partial charge in [0.25, 0.3) is 0 Å². The molecule has 0 heterocycles. The number of urea groups is 1. The van der Waals surface area contributed by atoms with Gasteiger partial charge in [-0.3, -0.25) is 0 Å². The van der Waals surface area contributed by atoms with Crippen molar-refractivity contribution in [3.63, 3.8) is 0 Å². The highest BCUT2D eigenvalue weighted by Crippen LogP contribution is 2.32. The lowest BCUT2D eigenvalue weighted by atomic mass is 10.1. The fraction of sp³-hybridized carbons (Fsp3) is 0.133. The highest BCUT2D eigenvalue weighted by atomic mass is 19.4. The summed E-state index contributed by atoms with van der Waals surface area (Å²) in [5.41, 5.74) is -0.882. The Labute approximate surface area is 128 Å². The number of nitrogens with one attached hydrogen (secondary N) is 2. The second kappa shape index (κ2) is 6.15. The quantitative estimate of drug-likeness (QED) is 0.561. The van der Waals surface area contributed by atoms with Crippen molar-refractivity contribution in [3.05, 3.63) is 53.3 Å². The topological polar surface area (TPSA) is 61.4 Å². The number of aryl methyl sites for hydroxylation is 1. The highest BCUT2D eigenvalue weighted by molar-refractivity contribution is 6.00. The highest BCUT2D eigenvalue weighted by Gasteiger charge is 2.31. The van der Waals surface area contributed by atoms with E-state index >= 15 is 0 Å². The van der Waals surface area contributed by atoms with E-state index in [2.05, 4.69) is 10.6 Å². The third-order valence-electron chi connectivity index (χ3n) is 2.86. The molecule has 0 aliphatic heterocycles. The summed E-state index contributed by atoms with van der Waals surface area (Å²) in [7, 11) is 0. The summed E-state index contributed by atoms with van der Waals surface area (Å²) in [6.45, 7) is 1.46. The van der Waals surface area contributed by atoms with Crippen LogP contribution in [0.1, 0.15) is 11.1 Å². The zero-order valence-electron chi connectivity index (χ0n) is 11.8. The van der Waals surface area contributed by atoms with E-state index < -0.39 is 23.6 Å². The van der Waals surface area contributed by atoms with Crippen molar-refractivity contribution in [1.29, 1.82) is 0 Å². The van der Waals surface area contributed by atoms with E-state index in [0.717, 1.165) is 30.3 Å². The first-order valence-corrected chi connectivity index (χ1v) is 6.40. The number of hydrogen-bond acceptors (Lipinski definition) is 2. The van der Waals surface area contributed by atoms with Gasteiger partial charge in [0.1, 0.15) is 11.6 Å². The van der Waals surface area contributed by atoms with Gasteiger partial charge in [-0.15, -0.1) is 0 Å². The molecule has 4 nitrogen and oxygen atoms in total. The number of halogens is 4. The van der Waals surface area contributed by atoms with Crippen molar-refractivity contribution in [2.45, 2.75) is 13.1 Å². The fourth-order valence-corrected chi connectivity index (χ4v) is 1.91. The van der Waals surface area contributed by atoms with Gasteiger partial charge in [-0.25, -0.2) is 9.18 Å². The van der Waals surface area contributed by atoms with Crippen molar-refractivity contribution in [3.8, 4) is 5.75 Å². The summed E-state index contributed by atoms with van der Waals surface area (Å²) in [4.78, 5) is 11.8. The fourth-order valence-electron chi connectivity index (χ4n) is 1.91. The van der Waals surface area contributed by atoms with E-state index in [4.69, 9.17) is 5.11 Å². The first-order valence-electron chi connectivity index (χ1n) is 6.40. The largest absolute Gasteiger partial charge is 0.508 e. The molecule has 23 heavy (non-hydrogen) atoms. The number of carbonyl (C=O) groups is 1. The normalized spacial score (nSPS) is 11.2. The van der Waals surface area contributed by atoms with Crippen LogP contribution in [-0.4, -0.2) is 11.1 Å². The maximum atomic E-state index is 13.5. The van der Waals surface area contributed by atoms with E-state index in [1.54, 1.807) is 0 Å². The molecule has 0 spiro atoms. The molecule has 0 aliphatic rings. The van der Waals surface area contributed by atoms with Crippen LogP contribution in [0.25, 0.3) is 0 Å². The Balaban J connectivity index is 2.15. The molecule has 2 amide bonds. The minimum atomic E-state index is -4.54. The zero-order chi connectivity index (χ0) is 17.2. The van der Waals surface area contributed by atoms with Crippen LogP contribution >= 0.6 is 0 Å². The maximum Gasteiger partial charge on any atom is 0.416 e. The van der Waals surface area contributed by atoms with Gasteiger partial charge >= 0.3 is 12.2 Å². The van der Waals surface area contributed by atoms with Gasteiger partial charge in [-0.1, -0.05) is 0 Å². The Bertz CT molecular complexity index is 745. The number of hydrogen-bond donors (Lipinski definition) is 3. The molecule has 0 saturated heterocycles. The number of rotatable bonds is 2. The molecular weight excluding hydrogens is 316 g/mol. The molecule has 0 bridgehead atoms. The van der Waals surface area contributed by atoms with Gasteiger partial charge in [0.05, 0.1) is 11.3 Å². The smallest absolute Gasteiger partial charge is 0.416 e. The van der Waals surface area contributed by atoms with E-state index in [0.29, 0.717) is 5.56 Å². The minimum absolute atomic E-state index is 0.0750. The van der Waals surface area contributed by atoms with Gasteiger partial charge in [0.15, 0.2) is 0 Å². The Kier molecular flexibility index (Phi) is 4.44. The molecule has 0 saturated carbocycles. The van der Waals surface area contributed by atoms with Crippen LogP contribution in [0.4, 0.5) is 33.7 Å². The molecule has 8 heteroatoms. The Hall–Kier alpha value is -2.77. The molecular formula is C15H12F4N2O2. The summed E-state index contributed by atoms with van der Waals surface area (Å²) < 4.78 is 51.6. The van der Waals surface area contributed by atoms with E-state index in [-0.39, 0.29) is 17.1 Å². The van der Waals surface area contributed by atoms with Crippen LogP contribution in [0.3, 0.4) is 0 Å². The molecule has 3 N–H and O–H groups in total. The second-order valence-electron chi connectivity index (χ2n) is 4.83. The van der Waals surface area contributed by atoms with Gasteiger partial charge in [-0.2, -0.15) is 13.2 Å². The minimum Gasteiger partial charge on any atom is -0.508 e. The number of carbonyl (C=O) groups excluding carboxylic acids is 1. The molecule has 0 atom stereocenters. The van der Waals surface area contributed by atoms with Gasteiger partial charge in [-0.05, 0) is 42.8 Å². The predicted octanol–water partition coefficient (Wildman–Crippen LogP) is 4.50. The number of alkyl halides is 3. The predicted molar refractivity (Wildman–Crippen MR) is 76.9 cm³/mol. The zero-order valence-corrected chi connectivity index (χ0v) is 11.8. The second-order valence-corrected chi connectivity index (χ2v) is 4.83. The van der Waals surface area contributed by atoms with Gasteiger partial charge in [0, 0.05) is 11.8 Å². The van der Waals surface area contributed by atoms with Crippen molar-refractivity contribution in [2.75, 3.05) is 10.6 Å². The lowest BCUT2D eigenvalue weighted by Gasteiger charge is -2.12. The van der Waals surface area contributed by atoms with Crippen LogP contribution in [0.2, 0.25) is 0 Å². The lowest BCUT2D eigenvalue weighted by Crippen LogP contribution is -2.20. The van der Waals surface area contributed by atoms with Gasteiger partial charge < -0.3 is 15.7 Å². The Morgan fingerprint density at radius 3 is 2.39 bits per heavy atom. The first kappa shape index (κ1) is 16.6. The number of aromatic hydroxyl groups is 1. The average molecular weight is 328 g/mol. The number of phenols is 1. The number of phenolic OH excluding ortho intramolecular Hbond substituents is 1. The Morgan fingerprint density at radius 2 is 1.78 bits per heavy atom. The molecule has 2 aromatic carbocycles. The molecule has 2 rings (SSSR count). The number of benzene rings is 2. The summed E-state index contributed by atoms with van der Waals surface area (Å²) in [5.74, 6) is -1.19. The lowest BCUT2D eigenvalue weighted by molar-refractivity contribution is -0.137. The van der Waals surface area contributed by atoms with E-state index in [9.17, 15) is 22.4 Å². The monoisotopic (exact) mass is 328 g/mol. The molecule has 0 radical (unpaired) electrons.